The van der Waals surface area contributed by atoms with Gasteiger partial charge in [0.2, 0.25) is 0 Å². The molecular weight excluding hydrogens is 314 g/mol. The zero-order chi connectivity index (χ0) is 17.9. The molecule has 3 aromatic rings. The van der Waals surface area contributed by atoms with Gasteiger partial charge in [0.15, 0.2) is 0 Å². The van der Waals surface area contributed by atoms with Gasteiger partial charge in [0.25, 0.3) is 0 Å². The summed E-state index contributed by atoms with van der Waals surface area (Å²) in [6.07, 6.45) is 3.38. The molecule has 3 aromatic heterocycles. The van der Waals surface area contributed by atoms with Gasteiger partial charge >= 0.3 is 5.97 Å². The van der Waals surface area contributed by atoms with E-state index in [0.29, 0.717) is 28.3 Å². The van der Waals surface area contributed by atoms with Crippen LogP contribution in [0.2, 0.25) is 0 Å². The van der Waals surface area contributed by atoms with Crippen LogP contribution in [0.4, 0.5) is 0 Å². The first-order chi connectivity index (χ1) is 11.9. The van der Waals surface area contributed by atoms with Crippen LogP contribution in [-0.4, -0.2) is 26.5 Å². The van der Waals surface area contributed by atoms with Crippen LogP contribution in [0.15, 0.2) is 60.9 Å². The van der Waals surface area contributed by atoms with Crippen molar-refractivity contribution in [1.82, 2.24) is 15.0 Å². The minimum Gasteiger partial charge on any atom is -0.456 e. The summed E-state index contributed by atoms with van der Waals surface area (Å²) in [4.78, 5) is 25.8. The van der Waals surface area contributed by atoms with E-state index in [1.54, 1.807) is 24.5 Å². The number of aromatic nitrogens is 3. The van der Waals surface area contributed by atoms with Crippen molar-refractivity contribution in [2.45, 2.75) is 26.4 Å². The zero-order valence-electron chi connectivity index (χ0n) is 14.4. The standard InChI is InChI=1S/C20H19N3O2/c1-20(2,3)25-19(24)14-12-17(15-8-4-6-10-21-15)23-18(13-14)16-9-5-7-11-22-16/h4-13H,1-3H3. The Bertz CT molecular complexity index is 815. The lowest BCUT2D eigenvalue weighted by atomic mass is 10.1. The molecule has 5 nitrogen and oxygen atoms in total. The molecule has 126 valence electrons. The molecule has 0 atom stereocenters. The second kappa shape index (κ2) is 6.81. The third-order valence-electron chi connectivity index (χ3n) is 3.31. The Labute approximate surface area is 146 Å². The van der Waals surface area contributed by atoms with E-state index >= 15 is 0 Å². The lowest BCUT2D eigenvalue weighted by Gasteiger charge is -2.20. The van der Waals surface area contributed by atoms with Crippen molar-refractivity contribution in [3.63, 3.8) is 0 Å². The van der Waals surface area contributed by atoms with Gasteiger partial charge < -0.3 is 4.74 Å². The van der Waals surface area contributed by atoms with Crippen molar-refractivity contribution in [3.8, 4) is 22.8 Å². The molecule has 0 aliphatic rings. The Morgan fingerprint density at radius 2 is 1.36 bits per heavy atom. The average molecular weight is 333 g/mol. The van der Waals surface area contributed by atoms with Crippen LogP contribution in [0.3, 0.4) is 0 Å². The van der Waals surface area contributed by atoms with Gasteiger partial charge in [-0.15, -0.1) is 0 Å². The molecule has 0 aliphatic carbocycles. The number of carbonyl (C=O) groups is 1. The highest BCUT2D eigenvalue weighted by atomic mass is 16.6. The molecule has 0 bridgehead atoms. The Morgan fingerprint density at radius 3 is 1.76 bits per heavy atom. The number of hydrogen-bond donors (Lipinski definition) is 0. The normalized spacial score (nSPS) is 11.2. The first-order valence-electron chi connectivity index (χ1n) is 8.01. The fourth-order valence-electron chi connectivity index (χ4n) is 2.28. The molecule has 0 amide bonds. The minimum atomic E-state index is -0.573. The van der Waals surface area contributed by atoms with Crippen LogP contribution >= 0.6 is 0 Å². The SMILES string of the molecule is CC(C)(C)OC(=O)c1cc(-c2ccccn2)nc(-c2ccccn2)c1. The lowest BCUT2D eigenvalue weighted by Crippen LogP contribution is -2.24. The summed E-state index contributed by atoms with van der Waals surface area (Å²) < 4.78 is 5.50. The Morgan fingerprint density at radius 1 is 0.840 bits per heavy atom. The summed E-state index contributed by atoms with van der Waals surface area (Å²) >= 11 is 0. The average Bonchev–Trinajstić information content (AvgIpc) is 2.61. The lowest BCUT2D eigenvalue weighted by molar-refractivity contribution is 0.00695. The molecule has 0 aliphatic heterocycles. The zero-order valence-corrected chi connectivity index (χ0v) is 14.4. The van der Waals surface area contributed by atoms with E-state index in [9.17, 15) is 4.79 Å². The van der Waals surface area contributed by atoms with E-state index in [1.165, 1.54) is 0 Å². The predicted octanol–water partition coefficient (Wildman–Crippen LogP) is 4.16. The molecule has 3 heterocycles. The number of nitrogens with zero attached hydrogens (tertiary/aromatic N) is 3. The topological polar surface area (TPSA) is 65.0 Å². The van der Waals surface area contributed by atoms with E-state index in [1.807, 2.05) is 57.2 Å². The molecular formula is C20H19N3O2. The minimum absolute atomic E-state index is 0.399. The van der Waals surface area contributed by atoms with Gasteiger partial charge in [-0.2, -0.15) is 0 Å². The molecule has 5 heteroatoms. The Hall–Kier alpha value is -3.08. The summed E-state index contributed by atoms with van der Waals surface area (Å²) in [5, 5.41) is 0. The largest absolute Gasteiger partial charge is 0.456 e. The van der Waals surface area contributed by atoms with Crippen molar-refractivity contribution in [3.05, 3.63) is 66.5 Å². The maximum Gasteiger partial charge on any atom is 0.338 e. The molecule has 0 N–H and O–H groups in total. The van der Waals surface area contributed by atoms with Crippen LogP contribution < -0.4 is 0 Å². The maximum absolute atomic E-state index is 12.5. The number of hydrogen-bond acceptors (Lipinski definition) is 5. The van der Waals surface area contributed by atoms with Gasteiger partial charge in [-0.3, -0.25) is 9.97 Å². The van der Waals surface area contributed by atoms with Crippen molar-refractivity contribution in [2.24, 2.45) is 0 Å². The highest BCUT2D eigenvalue weighted by molar-refractivity contribution is 5.92. The van der Waals surface area contributed by atoms with Crippen LogP contribution in [-0.2, 0) is 4.74 Å². The fraction of sp³-hybridized carbons (Fsp3) is 0.200. The molecule has 0 fully saturated rings. The van der Waals surface area contributed by atoms with E-state index in [0.717, 1.165) is 0 Å². The third kappa shape index (κ3) is 4.26. The van der Waals surface area contributed by atoms with Crippen LogP contribution in [0, 0.1) is 0 Å². The van der Waals surface area contributed by atoms with Crippen molar-refractivity contribution in [1.29, 1.82) is 0 Å². The molecule has 3 rings (SSSR count). The molecule has 0 saturated carbocycles. The fourth-order valence-corrected chi connectivity index (χ4v) is 2.28. The van der Waals surface area contributed by atoms with Gasteiger partial charge in [-0.05, 0) is 57.2 Å². The van der Waals surface area contributed by atoms with E-state index in [4.69, 9.17) is 4.74 Å². The Balaban J connectivity index is 2.10. The summed E-state index contributed by atoms with van der Waals surface area (Å²) in [6.45, 7) is 5.52. The quantitative estimate of drug-likeness (QED) is 0.673. The van der Waals surface area contributed by atoms with E-state index < -0.39 is 11.6 Å². The predicted molar refractivity (Wildman–Crippen MR) is 95.9 cm³/mol. The number of ether oxygens (including phenoxy) is 1. The molecule has 0 spiro atoms. The highest BCUT2D eigenvalue weighted by Crippen LogP contribution is 2.24. The highest BCUT2D eigenvalue weighted by Gasteiger charge is 2.20. The smallest absolute Gasteiger partial charge is 0.338 e. The number of carbonyl (C=O) groups excluding carboxylic acids is 1. The molecule has 0 saturated heterocycles. The van der Waals surface area contributed by atoms with Gasteiger partial charge in [-0.25, -0.2) is 9.78 Å². The summed E-state index contributed by atoms with van der Waals surface area (Å²) in [7, 11) is 0. The van der Waals surface area contributed by atoms with Crippen molar-refractivity contribution >= 4 is 5.97 Å². The Kier molecular flexibility index (Phi) is 4.57. The van der Waals surface area contributed by atoms with Gasteiger partial charge in [0, 0.05) is 12.4 Å². The van der Waals surface area contributed by atoms with Crippen LogP contribution in [0.25, 0.3) is 22.8 Å². The number of rotatable bonds is 3. The van der Waals surface area contributed by atoms with Crippen LogP contribution in [0.1, 0.15) is 31.1 Å². The molecule has 0 unspecified atom stereocenters. The van der Waals surface area contributed by atoms with Crippen LogP contribution in [0.5, 0.6) is 0 Å². The van der Waals surface area contributed by atoms with E-state index in [-0.39, 0.29) is 0 Å². The summed E-state index contributed by atoms with van der Waals surface area (Å²) in [6, 6.07) is 14.5. The second-order valence-electron chi connectivity index (χ2n) is 6.56. The molecule has 0 aromatic carbocycles. The molecule has 0 radical (unpaired) electrons. The number of esters is 1. The van der Waals surface area contributed by atoms with Gasteiger partial charge in [0.05, 0.1) is 28.3 Å². The second-order valence-corrected chi connectivity index (χ2v) is 6.56. The first-order valence-corrected chi connectivity index (χ1v) is 8.01. The molecule has 25 heavy (non-hydrogen) atoms. The maximum atomic E-state index is 12.5. The third-order valence-corrected chi connectivity index (χ3v) is 3.31. The monoisotopic (exact) mass is 333 g/mol. The number of pyridine rings is 3. The van der Waals surface area contributed by atoms with Gasteiger partial charge in [-0.1, -0.05) is 12.1 Å². The van der Waals surface area contributed by atoms with Crippen molar-refractivity contribution in [2.75, 3.05) is 0 Å². The van der Waals surface area contributed by atoms with Gasteiger partial charge in [0.1, 0.15) is 5.60 Å². The van der Waals surface area contributed by atoms with E-state index in [2.05, 4.69) is 15.0 Å². The summed E-state index contributed by atoms with van der Waals surface area (Å²) in [5.74, 6) is -0.399. The van der Waals surface area contributed by atoms with Crippen molar-refractivity contribution < 1.29 is 9.53 Å². The first kappa shape index (κ1) is 16.8. The summed E-state index contributed by atoms with van der Waals surface area (Å²) in [5.41, 5.74) is 2.42.